The number of amides is 1. The number of nitrogens with one attached hydrogen (secondary N) is 1. The highest BCUT2D eigenvalue weighted by atomic mass is 16.4. The molecule has 0 heterocycles. The Labute approximate surface area is 95.7 Å². The molecule has 0 aliphatic heterocycles. The fraction of sp³-hybridized carbons (Fsp3) is 0.667. The summed E-state index contributed by atoms with van der Waals surface area (Å²) in [7, 11) is 0. The van der Waals surface area contributed by atoms with Crippen molar-refractivity contribution >= 4 is 11.9 Å². The molecule has 1 fully saturated rings. The van der Waals surface area contributed by atoms with Crippen LogP contribution in [-0.4, -0.2) is 23.0 Å². The van der Waals surface area contributed by atoms with Crippen LogP contribution in [0.15, 0.2) is 12.7 Å². The maximum absolute atomic E-state index is 11.8. The molecule has 0 aromatic heterocycles. The number of hydrogen-bond acceptors (Lipinski definition) is 2. The highest BCUT2D eigenvalue weighted by Crippen LogP contribution is 2.32. The van der Waals surface area contributed by atoms with Gasteiger partial charge < -0.3 is 10.4 Å². The largest absolute Gasteiger partial charge is 0.481 e. The van der Waals surface area contributed by atoms with Gasteiger partial charge in [0.15, 0.2) is 0 Å². The molecule has 1 aliphatic rings. The molecule has 1 rings (SSSR count). The van der Waals surface area contributed by atoms with Crippen molar-refractivity contribution in [2.24, 2.45) is 11.8 Å². The molecule has 4 nitrogen and oxygen atoms in total. The summed E-state index contributed by atoms with van der Waals surface area (Å²) in [5, 5.41) is 11.8. The molecule has 2 N–H and O–H groups in total. The van der Waals surface area contributed by atoms with Crippen LogP contribution in [-0.2, 0) is 9.59 Å². The Bertz CT molecular complexity index is 288. The number of carboxylic acids is 1. The molecule has 1 amide bonds. The minimum absolute atomic E-state index is 0.0278. The molecule has 0 aromatic rings. The summed E-state index contributed by atoms with van der Waals surface area (Å²) in [6.45, 7) is 5.50. The lowest BCUT2D eigenvalue weighted by atomic mass is 9.95. The van der Waals surface area contributed by atoms with Crippen LogP contribution in [0.5, 0.6) is 0 Å². The van der Waals surface area contributed by atoms with Crippen molar-refractivity contribution in [2.45, 2.75) is 38.6 Å². The summed E-state index contributed by atoms with van der Waals surface area (Å²) in [5.41, 5.74) is 0. The molecule has 16 heavy (non-hydrogen) atoms. The smallest absolute Gasteiger partial charge is 0.307 e. The highest BCUT2D eigenvalue weighted by molar-refractivity contribution is 5.85. The number of carboxylic acid groups (broad SMARTS) is 1. The zero-order valence-corrected chi connectivity index (χ0v) is 9.61. The molecule has 90 valence electrons. The summed E-state index contributed by atoms with van der Waals surface area (Å²) in [5.74, 6) is -1.84. The maximum Gasteiger partial charge on any atom is 0.307 e. The Morgan fingerprint density at radius 2 is 2.12 bits per heavy atom. The molecule has 1 aliphatic carbocycles. The van der Waals surface area contributed by atoms with Gasteiger partial charge in [-0.25, -0.2) is 0 Å². The van der Waals surface area contributed by atoms with Crippen molar-refractivity contribution in [3.63, 3.8) is 0 Å². The average molecular weight is 225 g/mol. The van der Waals surface area contributed by atoms with E-state index in [1.807, 2.05) is 6.92 Å². The molecule has 0 radical (unpaired) electrons. The normalized spacial score (nSPS) is 26.1. The van der Waals surface area contributed by atoms with Crippen LogP contribution in [0, 0.1) is 11.8 Å². The SMILES string of the molecule is C=CCC(C)NC(=O)[C@@H]1CCC[C@@H]1C(=O)O. The summed E-state index contributed by atoms with van der Waals surface area (Å²) in [6.07, 6.45) is 4.57. The second-order valence-corrected chi connectivity index (χ2v) is 4.42. The first-order chi connectivity index (χ1) is 7.56. The lowest BCUT2D eigenvalue weighted by molar-refractivity contribution is -0.146. The summed E-state index contributed by atoms with van der Waals surface area (Å²) in [4.78, 5) is 22.8. The Morgan fingerprint density at radius 1 is 1.50 bits per heavy atom. The van der Waals surface area contributed by atoms with Crippen LogP contribution in [0.3, 0.4) is 0 Å². The third-order valence-corrected chi connectivity index (χ3v) is 3.08. The topological polar surface area (TPSA) is 66.4 Å². The van der Waals surface area contributed by atoms with Gasteiger partial charge >= 0.3 is 5.97 Å². The van der Waals surface area contributed by atoms with E-state index in [9.17, 15) is 9.59 Å². The van der Waals surface area contributed by atoms with Crippen LogP contribution in [0.25, 0.3) is 0 Å². The van der Waals surface area contributed by atoms with Gasteiger partial charge in [-0.05, 0) is 26.2 Å². The summed E-state index contributed by atoms with van der Waals surface area (Å²) in [6, 6.07) is 0.0278. The van der Waals surface area contributed by atoms with E-state index in [-0.39, 0.29) is 17.9 Å². The van der Waals surface area contributed by atoms with Crippen LogP contribution < -0.4 is 5.32 Å². The fourth-order valence-electron chi connectivity index (χ4n) is 2.23. The van der Waals surface area contributed by atoms with Crippen LogP contribution in [0.4, 0.5) is 0 Å². The Morgan fingerprint density at radius 3 is 2.69 bits per heavy atom. The van der Waals surface area contributed by atoms with Crippen LogP contribution in [0.1, 0.15) is 32.6 Å². The standard InChI is InChI=1S/C12H19NO3/c1-3-5-8(2)13-11(14)9-6-4-7-10(9)12(15)16/h3,8-10H,1,4-7H2,2H3,(H,13,14)(H,15,16)/t8?,9-,10+/m1/s1. The van der Waals surface area contributed by atoms with Crippen molar-refractivity contribution in [1.82, 2.24) is 5.32 Å². The Balaban J connectivity index is 2.52. The lowest BCUT2D eigenvalue weighted by Gasteiger charge is -2.18. The van der Waals surface area contributed by atoms with Crippen molar-refractivity contribution in [3.05, 3.63) is 12.7 Å². The van der Waals surface area contributed by atoms with Gasteiger partial charge in [-0.1, -0.05) is 12.5 Å². The van der Waals surface area contributed by atoms with Gasteiger partial charge in [0.2, 0.25) is 5.91 Å². The highest BCUT2D eigenvalue weighted by Gasteiger charge is 2.37. The van der Waals surface area contributed by atoms with Gasteiger partial charge in [0.05, 0.1) is 11.8 Å². The van der Waals surface area contributed by atoms with E-state index in [4.69, 9.17) is 5.11 Å². The van der Waals surface area contributed by atoms with Crippen LogP contribution >= 0.6 is 0 Å². The van der Waals surface area contributed by atoms with Gasteiger partial charge in [0.1, 0.15) is 0 Å². The number of carbonyl (C=O) groups excluding carboxylic acids is 1. The van der Waals surface area contributed by atoms with Crippen molar-refractivity contribution in [1.29, 1.82) is 0 Å². The first-order valence-electron chi connectivity index (χ1n) is 5.70. The Hall–Kier alpha value is -1.32. The van der Waals surface area contributed by atoms with Gasteiger partial charge in [-0.2, -0.15) is 0 Å². The van der Waals surface area contributed by atoms with Gasteiger partial charge in [0, 0.05) is 6.04 Å². The van der Waals surface area contributed by atoms with E-state index in [0.717, 1.165) is 6.42 Å². The second kappa shape index (κ2) is 5.68. The van der Waals surface area contributed by atoms with E-state index >= 15 is 0 Å². The van der Waals surface area contributed by atoms with E-state index in [2.05, 4.69) is 11.9 Å². The first-order valence-corrected chi connectivity index (χ1v) is 5.70. The van der Waals surface area contributed by atoms with Crippen molar-refractivity contribution in [3.8, 4) is 0 Å². The van der Waals surface area contributed by atoms with E-state index in [1.165, 1.54) is 0 Å². The zero-order chi connectivity index (χ0) is 12.1. The van der Waals surface area contributed by atoms with E-state index < -0.39 is 11.9 Å². The van der Waals surface area contributed by atoms with Crippen molar-refractivity contribution in [2.75, 3.05) is 0 Å². The van der Waals surface area contributed by atoms with Crippen LogP contribution in [0.2, 0.25) is 0 Å². The molecule has 1 saturated carbocycles. The number of aliphatic carboxylic acids is 1. The third-order valence-electron chi connectivity index (χ3n) is 3.08. The summed E-state index contributed by atoms with van der Waals surface area (Å²) < 4.78 is 0. The van der Waals surface area contributed by atoms with Crippen molar-refractivity contribution < 1.29 is 14.7 Å². The second-order valence-electron chi connectivity index (χ2n) is 4.42. The molecular weight excluding hydrogens is 206 g/mol. The van der Waals surface area contributed by atoms with E-state index in [0.29, 0.717) is 19.3 Å². The third kappa shape index (κ3) is 3.08. The average Bonchev–Trinajstić information content (AvgIpc) is 2.65. The molecule has 0 aromatic carbocycles. The quantitative estimate of drug-likeness (QED) is 0.698. The fourth-order valence-corrected chi connectivity index (χ4v) is 2.23. The molecule has 1 unspecified atom stereocenters. The number of rotatable bonds is 5. The maximum atomic E-state index is 11.8. The minimum Gasteiger partial charge on any atom is -0.481 e. The monoisotopic (exact) mass is 225 g/mol. The first kappa shape index (κ1) is 12.7. The number of hydrogen-bond donors (Lipinski definition) is 2. The predicted molar refractivity (Wildman–Crippen MR) is 60.9 cm³/mol. The molecule has 0 saturated heterocycles. The van der Waals surface area contributed by atoms with Gasteiger partial charge in [-0.15, -0.1) is 6.58 Å². The lowest BCUT2D eigenvalue weighted by Crippen LogP contribution is -2.39. The van der Waals surface area contributed by atoms with Gasteiger partial charge in [-0.3, -0.25) is 9.59 Å². The van der Waals surface area contributed by atoms with Gasteiger partial charge in [0.25, 0.3) is 0 Å². The van der Waals surface area contributed by atoms with E-state index in [1.54, 1.807) is 6.08 Å². The molecule has 3 atom stereocenters. The molecular formula is C12H19NO3. The number of carbonyl (C=O) groups is 2. The minimum atomic E-state index is -0.853. The Kier molecular flexibility index (Phi) is 4.52. The molecule has 0 spiro atoms. The molecule has 0 bridgehead atoms. The summed E-state index contributed by atoms with van der Waals surface area (Å²) >= 11 is 0. The predicted octanol–water partition coefficient (Wildman–Crippen LogP) is 1.57. The molecule has 4 heteroatoms. The zero-order valence-electron chi connectivity index (χ0n) is 9.61.